The summed E-state index contributed by atoms with van der Waals surface area (Å²) in [6.45, 7) is 10.2. The van der Waals surface area contributed by atoms with Crippen molar-refractivity contribution in [1.29, 1.82) is 0 Å². The molecule has 0 aromatic rings. The number of ether oxygens (including phenoxy) is 3. The third kappa shape index (κ3) is 7.29. The van der Waals surface area contributed by atoms with E-state index in [-0.39, 0.29) is 6.61 Å². The van der Waals surface area contributed by atoms with Crippen molar-refractivity contribution >= 4 is 17.9 Å². The van der Waals surface area contributed by atoms with Gasteiger partial charge in [-0.25, -0.2) is 14.4 Å². The zero-order valence-corrected chi connectivity index (χ0v) is 15.7. The van der Waals surface area contributed by atoms with Gasteiger partial charge in [-0.05, 0) is 48.0 Å². The van der Waals surface area contributed by atoms with Gasteiger partial charge in [0, 0.05) is 0 Å². The second-order valence-electron chi connectivity index (χ2n) is 7.20. The average Bonchev–Trinajstić information content (AvgIpc) is 2.41. The van der Waals surface area contributed by atoms with Crippen molar-refractivity contribution in [3.8, 4) is 0 Å². The van der Waals surface area contributed by atoms with Crippen molar-refractivity contribution in [2.24, 2.45) is 0 Å². The van der Waals surface area contributed by atoms with Crippen LogP contribution < -0.4 is 0 Å². The summed E-state index contributed by atoms with van der Waals surface area (Å²) in [6, 6.07) is 0. The summed E-state index contributed by atoms with van der Waals surface area (Å²) in [7, 11) is 0. The third-order valence-corrected chi connectivity index (χ3v) is 3.16. The monoisotopic (exact) mass is 346 g/mol. The molecule has 0 heterocycles. The Morgan fingerprint density at radius 1 is 0.792 bits per heavy atom. The largest absolute Gasteiger partial charge is 0.463 e. The van der Waals surface area contributed by atoms with Gasteiger partial charge in [0.05, 0.1) is 6.61 Å². The minimum absolute atomic E-state index is 0.255. The van der Waals surface area contributed by atoms with E-state index in [4.69, 9.17) is 14.2 Å². The number of hydrogen-bond donors (Lipinski definition) is 1. The van der Waals surface area contributed by atoms with Crippen LogP contribution in [0, 0.1) is 0 Å². The molecule has 0 unspecified atom stereocenters. The van der Waals surface area contributed by atoms with Crippen molar-refractivity contribution < 1.29 is 33.7 Å². The van der Waals surface area contributed by atoms with Gasteiger partial charge in [-0.3, -0.25) is 0 Å². The first-order chi connectivity index (χ1) is 10.7. The van der Waals surface area contributed by atoms with Crippen LogP contribution in [0.1, 0.15) is 67.7 Å². The first-order valence-corrected chi connectivity index (χ1v) is 8.10. The summed E-state index contributed by atoms with van der Waals surface area (Å²) in [6.07, 6.45) is 2.67. The van der Waals surface area contributed by atoms with E-state index in [0.29, 0.717) is 0 Å². The zero-order valence-electron chi connectivity index (χ0n) is 15.7. The molecule has 0 aromatic heterocycles. The van der Waals surface area contributed by atoms with Crippen LogP contribution in [0.3, 0.4) is 0 Å². The summed E-state index contributed by atoms with van der Waals surface area (Å²) in [5, 5.41) is 9.59. The average molecular weight is 346 g/mol. The van der Waals surface area contributed by atoms with E-state index in [0.717, 1.165) is 19.3 Å². The molecular formula is C17H30O7. The minimum Gasteiger partial charge on any atom is -0.463 e. The van der Waals surface area contributed by atoms with Gasteiger partial charge in [0.25, 0.3) is 0 Å². The van der Waals surface area contributed by atoms with Crippen LogP contribution in [0.15, 0.2) is 0 Å². The van der Waals surface area contributed by atoms with Crippen LogP contribution in [-0.4, -0.2) is 46.4 Å². The summed E-state index contributed by atoms with van der Waals surface area (Å²) in [5.41, 5.74) is -4.91. The smallest absolute Gasteiger partial charge is 0.351 e. The second-order valence-corrected chi connectivity index (χ2v) is 7.20. The van der Waals surface area contributed by atoms with Gasteiger partial charge in [-0.2, -0.15) is 0 Å². The molecule has 24 heavy (non-hydrogen) atoms. The number of carbonyl (C=O) groups is 3. The molecule has 7 heteroatoms. The fraction of sp³-hybridized carbons (Fsp3) is 0.824. The van der Waals surface area contributed by atoms with Crippen LogP contribution in [0.25, 0.3) is 0 Å². The van der Waals surface area contributed by atoms with Gasteiger partial charge in [0.15, 0.2) is 5.60 Å². The highest BCUT2D eigenvalue weighted by Gasteiger charge is 2.43. The summed E-state index contributed by atoms with van der Waals surface area (Å²) in [4.78, 5) is 36.0. The Bertz CT molecular complexity index is 458. The molecule has 0 spiro atoms. The van der Waals surface area contributed by atoms with E-state index in [1.165, 1.54) is 41.5 Å². The molecule has 0 atom stereocenters. The highest BCUT2D eigenvalue weighted by molar-refractivity contribution is 5.88. The molecule has 0 aliphatic heterocycles. The SMILES string of the molecule is CCCCCOC(=O)C(C)(C)OC(=O)C(C)(C)OC(=O)C(C)(C)O. The predicted molar refractivity (Wildman–Crippen MR) is 87.1 cm³/mol. The molecule has 7 nitrogen and oxygen atoms in total. The van der Waals surface area contributed by atoms with E-state index < -0.39 is 34.7 Å². The highest BCUT2D eigenvalue weighted by Crippen LogP contribution is 2.21. The summed E-state index contributed by atoms with van der Waals surface area (Å²) in [5.74, 6) is -2.54. The molecular weight excluding hydrogens is 316 g/mol. The maximum atomic E-state index is 12.2. The van der Waals surface area contributed by atoms with E-state index in [9.17, 15) is 19.5 Å². The van der Waals surface area contributed by atoms with Crippen molar-refractivity contribution in [1.82, 2.24) is 0 Å². The molecule has 0 amide bonds. The Kier molecular flexibility index (Phi) is 7.89. The molecule has 0 rings (SSSR count). The first-order valence-electron chi connectivity index (χ1n) is 8.10. The second kappa shape index (κ2) is 8.46. The molecule has 0 saturated carbocycles. The normalized spacial score (nSPS) is 12.5. The Morgan fingerprint density at radius 3 is 1.71 bits per heavy atom. The molecule has 0 saturated heterocycles. The van der Waals surface area contributed by atoms with Crippen molar-refractivity contribution in [3.05, 3.63) is 0 Å². The predicted octanol–water partition coefficient (Wildman–Crippen LogP) is 2.13. The zero-order chi connectivity index (χ0) is 19.2. The number of unbranched alkanes of at least 4 members (excludes halogenated alkanes) is 2. The Hall–Kier alpha value is -1.63. The van der Waals surface area contributed by atoms with Crippen LogP contribution in [-0.2, 0) is 28.6 Å². The summed E-state index contributed by atoms with van der Waals surface area (Å²) >= 11 is 0. The maximum Gasteiger partial charge on any atom is 0.351 e. The van der Waals surface area contributed by atoms with Gasteiger partial charge in [-0.1, -0.05) is 19.8 Å². The van der Waals surface area contributed by atoms with Crippen LogP contribution in [0.2, 0.25) is 0 Å². The molecule has 0 aromatic carbocycles. The fourth-order valence-corrected chi connectivity index (χ4v) is 1.49. The lowest BCUT2D eigenvalue weighted by atomic mass is 10.1. The Morgan fingerprint density at radius 2 is 1.25 bits per heavy atom. The first kappa shape index (κ1) is 22.4. The quantitative estimate of drug-likeness (QED) is 0.388. The van der Waals surface area contributed by atoms with Gasteiger partial charge in [0.2, 0.25) is 11.2 Å². The summed E-state index contributed by atoms with van der Waals surface area (Å²) < 4.78 is 15.2. The standard InChI is InChI=1S/C17H30O7/c1-8-9-10-11-22-13(19)16(4,5)24-14(20)17(6,7)23-12(18)15(2,3)21/h21H,8-11H2,1-7H3. The number of carbonyl (C=O) groups excluding carboxylic acids is 3. The highest BCUT2D eigenvalue weighted by atomic mass is 16.6. The van der Waals surface area contributed by atoms with Crippen molar-refractivity contribution in [2.75, 3.05) is 6.61 Å². The molecule has 140 valence electrons. The van der Waals surface area contributed by atoms with E-state index in [1.54, 1.807) is 0 Å². The van der Waals surface area contributed by atoms with E-state index in [1.807, 2.05) is 6.92 Å². The minimum atomic E-state index is -1.74. The van der Waals surface area contributed by atoms with Gasteiger partial charge >= 0.3 is 17.9 Å². The Labute approximate surface area is 143 Å². The van der Waals surface area contributed by atoms with Gasteiger partial charge in [0.1, 0.15) is 0 Å². The van der Waals surface area contributed by atoms with Gasteiger partial charge in [-0.15, -0.1) is 0 Å². The molecule has 0 radical (unpaired) electrons. The third-order valence-electron chi connectivity index (χ3n) is 3.16. The molecule has 0 fully saturated rings. The van der Waals surface area contributed by atoms with Crippen LogP contribution in [0.4, 0.5) is 0 Å². The molecule has 1 N–H and O–H groups in total. The molecule has 0 aliphatic rings. The number of hydrogen-bond acceptors (Lipinski definition) is 7. The molecule has 0 bridgehead atoms. The topological polar surface area (TPSA) is 99.1 Å². The molecule has 0 aliphatic carbocycles. The maximum absolute atomic E-state index is 12.2. The van der Waals surface area contributed by atoms with Gasteiger partial charge < -0.3 is 19.3 Å². The Balaban J connectivity index is 4.75. The van der Waals surface area contributed by atoms with Crippen molar-refractivity contribution in [3.63, 3.8) is 0 Å². The van der Waals surface area contributed by atoms with E-state index >= 15 is 0 Å². The van der Waals surface area contributed by atoms with Crippen molar-refractivity contribution in [2.45, 2.75) is 84.5 Å². The van der Waals surface area contributed by atoms with E-state index in [2.05, 4.69) is 0 Å². The number of aliphatic hydroxyl groups is 1. The van der Waals surface area contributed by atoms with Crippen LogP contribution >= 0.6 is 0 Å². The number of esters is 3. The lowest BCUT2D eigenvalue weighted by Gasteiger charge is -2.30. The van der Waals surface area contributed by atoms with Crippen LogP contribution in [0.5, 0.6) is 0 Å². The number of rotatable bonds is 9. The fourth-order valence-electron chi connectivity index (χ4n) is 1.49. The lowest BCUT2D eigenvalue weighted by Crippen LogP contribution is -2.49. The lowest BCUT2D eigenvalue weighted by molar-refractivity contribution is -0.200.